The van der Waals surface area contributed by atoms with E-state index in [1.54, 1.807) is 13.0 Å². The summed E-state index contributed by atoms with van der Waals surface area (Å²) in [5, 5.41) is 13.7. The highest BCUT2D eigenvalue weighted by Gasteiger charge is 2.30. The predicted octanol–water partition coefficient (Wildman–Crippen LogP) is 4.64. The Labute approximate surface area is 179 Å². The largest absolute Gasteiger partial charge is 0.450 e. The van der Waals surface area contributed by atoms with Crippen LogP contribution in [0.4, 0.5) is 23.7 Å². The maximum absolute atomic E-state index is 12.6. The molecule has 2 rings (SSSR count). The average Bonchev–Trinajstić information content (AvgIpc) is 2.70. The molecule has 0 radical (unpaired) electrons. The van der Waals surface area contributed by atoms with Crippen LogP contribution in [0.3, 0.4) is 0 Å². The zero-order chi connectivity index (χ0) is 23.0. The fourth-order valence-electron chi connectivity index (χ4n) is 2.03. The minimum atomic E-state index is -4.51. The van der Waals surface area contributed by atoms with Crippen LogP contribution >= 0.6 is 11.6 Å². The second-order valence-electron chi connectivity index (χ2n) is 5.62. The number of hydrogen-bond donors (Lipinski definition) is 2. The van der Waals surface area contributed by atoms with Gasteiger partial charge in [-0.05, 0) is 31.2 Å². The van der Waals surface area contributed by atoms with Crippen molar-refractivity contribution in [1.29, 1.82) is 5.26 Å². The Kier molecular flexibility index (Phi) is 7.81. The molecule has 8 nitrogen and oxygen atoms in total. The lowest BCUT2D eigenvalue weighted by molar-refractivity contribution is -0.137. The van der Waals surface area contributed by atoms with Crippen molar-refractivity contribution in [1.82, 2.24) is 10.3 Å². The molecule has 0 atom stereocenters. The van der Waals surface area contributed by atoms with Crippen molar-refractivity contribution in [3.05, 3.63) is 58.9 Å². The molecule has 2 N–H and O–H groups in total. The molecule has 31 heavy (non-hydrogen) atoms. The number of hydrogen-bond acceptors (Lipinski definition) is 7. The van der Waals surface area contributed by atoms with Gasteiger partial charge in [0.1, 0.15) is 17.4 Å². The molecular formula is C19H14ClF3N4O4. The summed E-state index contributed by atoms with van der Waals surface area (Å²) in [7, 11) is 0. The van der Waals surface area contributed by atoms with Crippen molar-refractivity contribution >= 4 is 29.3 Å². The summed E-state index contributed by atoms with van der Waals surface area (Å²) in [6.45, 7) is 1.61. The highest BCUT2D eigenvalue weighted by Crippen LogP contribution is 2.33. The summed E-state index contributed by atoms with van der Waals surface area (Å²) in [4.78, 5) is 26.7. The number of nitrogens with one attached hydrogen (secondary N) is 2. The Morgan fingerprint density at radius 1 is 1.29 bits per heavy atom. The van der Waals surface area contributed by atoms with Crippen LogP contribution in [-0.2, 0) is 15.7 Å². The van der Waals surface area contributed by atoms with Crippen molar-refractivity contribution in [2.24, 2.45) is 0 Å². The van der Waals surface area contributed by atoms with E-state index in [1.165, 1.54) is 18.2 Å². The molecule has 0 spiro atoms. The molecule has 1 aromatic carbocycles. The molecule has 0 saturated carbocycles. The fourth-order valence-corrected chi connectivity index (χ4v) is 2.24. The number of nitrogens with zero attached hydrogens (tertiary/aromatic N) is 2. The first-order chi connectivity index (χ1) is 14.6. The number of imide groups is 1. The summed E-state index contributed by atoms with van der Waals surface area (Å²) in [5.41, 5.74) is -0.967. The number of nitriles is 1. The van der Waals surface area contributed by atoms with Gasteiger partial charge in [-0.15, -0.1) is 0 Å². The van der Waals surface area contributed by atoms with Gasteiger partial charge in [0.25, 0.3) is 5.91 Å². The van der Waals surface area contributed by atoms with Crippen LogP contribution in [0, 0.1) is 11.3 Å². The Bertz CT molecular complexity index is 1030. The van der Waals surface area contributed by atoms with Gasteiger partial charge >= 0.3 is 12.3 Å². The van der Waals surface area contributed by atoms with Crippen LogP contribution in [0.1, 0.15) is 12.5 Å². The lowest BCUT2D eigenvalue weighted by Gasteiger charge is -2.10. The molecule has 0 aliphatic carbocycles. The number of amides is 2. The van der Waals surface area contributed by atoms with E-state index in [2.05, 4.69) is 15.0 Å². The highest BCUT2D eigenvalue weighted by molar-refractivity contribution is 6.32. The molecule has 0 fully saturated rings. The molecule has 162 valence electrons. The van der Waals surface area contributed by atoms with Gasteiger partial charge in [0, 0.05) is 24.2 Å². The third-order valence-electron chi connectivity index (χ3n) is 3.45. The molecule has 0 aliphatic heterocycles. The minimum Gasteiger partial charge on any atom is -0.450 e. The Morgan fingerprint density at radius 3 is 2.58 bits per heavy atom. The number of alkyl carbamates (subject to hydrolysis) is 1. The van der Waals surface area contributed by atoms with E-state index in [9.17, 15) is 22.8 Å². The van der Waals surface area contributed by atoms with Crippen LogP contribution in [0.5, 0.6) is 11.6 Å². The van der Waals surface area contributed by atoms with Crippen LogP contribution in [0.15, 0.2) is 48.3 Å². The van der Waals surface area contributed by atoms with Gasteiger partial charge in [-0.2, -0.15) is 18.4 Å². The van der Waals surface area contributed by atoms with E-state index in [1.807, 2.05) is 5.32 Å². The lowest BCUT2D eigenvalue weighted by Crippen LogP contribution is -2.32. The number of anilines is 1. The monoisotopic (exact) mass is 454 g/mol. The summed E-state index contributed by atoms with van der Waals surface area (Å²) in [6.07, 6.45) is -3.82. The Balaban J connectivity index is 2.06. The lowest BCUT2D eigenvalue weighted by atomic mass is 10.2. The molecule has 1 heterocycles. The average molecular weight is 455 g/mol. The Hall–Kier alpha value is -3.78. The quantitative estimate of drug-likeness (QED) is 0.483. The number of rotatable bonds is 6. The van der Waals surface area contributed by atoms with Crippen LogP contribution in [0.2, 0.25) is 5.02 Å². The first kappa shape index (κ1) is 23.5. The highest BCUT2D eigenvalue weighted by atomic mass is 35.5. The zero-order valence-electron chi connectivity index (χ0n) is 15.8. The molecule has 2 aromatic rings. The first-order valence-corrected chi connectivity index (χ1v) is 8.87. The number of alkyl halides is 3. The molecule has 0 aliphatic rings. The smallest absolute Gasteiger partial charge is 0.417 e. The summed E-state index contributed by atoms with van der Waals surface area (Å²) in [5.74, 6) is -0.949. The summed E-state index contributed by atoms with van der Waals surface area (Å²) in [6, 6.07) is 7.76. The number of aromatic nitrogens is 1. The molecule has 12 heteroatoms. The molecule has 1 aromatic heterocycles. The minimum absolute atomic E-state index is 0.0534. The summed E-state index contributed by atoms with van der Waals surface area (Å²) < 4.78 is 47.6. The molecule has 0 bridgehead atoms. The first-order valence-electron chi connectivity index (χ1n) is 8.49. The van der Waals surface area contributed by atoms with Gasteiger partial charge in [-0.25, -0.2) is 9.78 Å². The van der Waals surface area contributed by atoms with Crippen LogP contribution in [0.25, 0.3) is 0 Å². The molecule has 0 saturated heterocycles. The number of ether oxygens (including phenoxy) is 2. The van der Waals surface area contributed by atoms with Gasteiger partial charge in [-0.3, -0.25) is 10.1 Å². The molecule has 0 unspecified atom stereocenters. The standard InChI is InChI=1S/C19H14ClF3N4O4/c1-2-30-18(29)27-17(28)11(8-24)9-25-13-4-5-15(14(20)7-13)31-16-6-3-12(10-26-16)19(21,22)23/h3-7,9-10,25H,2H2,1H3,(H,27,28,29)/b11-9+. The van der Waals surface area contributed by atoms with Gasteiger partial charge in [0.15, 0.2) is 0 Å². The summed E-state index contributed by atoms with van der Waals surface area (Å²) >= 11 is 6.10. The molecular weight excluding hydrogens is 441 g/mol. The van der Waals surface area contributed by atoms with E-state index in [4.69, 9.17) is 21.6 Å². The van der Waals surface area contributed by atoms with Crippen molar-refractivity contribution in [2.45, 2.75) is 13.1 Å². The van der Waals surface area contributed by atoms with Gasteiger partial charge in [0.05, 0.1) is 17.2 Å². The van der Waals surface area contributed by atoms with Crippen molar-refractivity contribution in [3.63, 3.8) is 0 Å². The number of benzene rings is 1. The van der Waals surface area contributed by atoms with Gasteiger partial charge in [0.2, 0.25) is 5.88 Å². The second kappa shape index (κ2) is 10.3. The zero-order valence-corrected chi connectivity index (χ0v) is 16.5. The van der Waals surface area contributed by atoms with Gasteiger partial charge < -0.3 is 14.8 Å². The van der Waals surface area contributed by atoms with Crippen molar-refractivity contribution in [3.8, 4) is 17.7 Å². The SMILES string of the molecule is CCOC(=O)NC(=O)/C(C#N)=C/Nc1ccc(Oc2ccc(C(F)(F)F)cn2)c(Cl)c1. The number of halogens is 4. The van der Waals surface area contributed by atoms with Crippen molar-refractivity contribution in [2.75, 3.05) is 11.9 Å². The number of pyridine rings is 1. The van der Waals surface area contributed by atoms with E-state index in [0.29, 0.717) is 11.9 Å². The topological polar surface area (TPSA) is 113 Å². The normalized spacial score (nSPS) is 11.3. The van der Waals surface area contributed by atoms with E-state index in [0.717, 1.165) is 18.3 Å². The third-order valence-corrected chi connectivity index (χ3v) is 3.74. The number of carbonyl (C=O) groups excluding carboxylic acids is 2. The van der Waals surface area contributed by atoms with Gasteiger partial charge in [-0.1, -0.05) is 11.6 Å². The Morgan fingerprint density at radius 2 is 2.03 bits per heavy atom. The van der Waals surface area contributed by atoms with E-state index in [-0.39, 0.29) is 23.3 Å². The van der Waals surface area contributed by atoms with Crippen LogP contribution < -0.4 is 15.4 Å². The number of carbonyl (C=O) groups is 2. The molecule has 2 amide bonds. The van der Waals surface area contributed by atoms with E-state index < -0.39 is 29.3 Å². The fraction of sp³-hybridized carbons (Fsp3) is 0.158. The van der Waals surface area contributed by atoms with Crippen molar-refractivity contribution < 1.29 is 32.2 Å². The maximum atomic E-state index is 12.6. The second-order valence-corrected chi connectivity index (χ2v) is 6.03. The van der Waals surface area contributed by atoms with E-state index >= 15 is 0 Å². The predicted molar refractivity (Wildman–Crippen MR) is 103 cm³/mol. The maximum Gasteiger partial charge on any atom is 0.417 e. The third kappa shape index (κ3) is 6.90. The van der Waals surface area contributed by atoms with Crippen LogP contribution in [-0.4, -0.2) is 23.6 Å².